The fraction of sp³-hybridized carbons (Fsp3) is 0.308. The molecule has 0 aliphatic carbocycles. The highest BCUT2D eigenvalue weighted by Gasteiger charge is 2.12. The van der Waals surface area contributed by atoms with Crippen molar-refractivity contribution in [3.8, 4) is 0 Å². The van der Waals surface area contributed by atoms with Crippen molar-refractivity contribution in [3.05, 3.63) is 50.9 Å². The van der Waals surface area contributed by atoms with Crippen LogP contribution in [0, 0.1) is 0 Å². The van der Waals surface area contributed by atoms with Crippen LogP contribution in [0.25, 0.3) is 0 Å². The molecule has 2 nitrogen and oxygen atoms in total. The van der Waals surface area contributed by atoms with Crippen LogP contribution in [0.15, 0.2) is 40.4 Å². The van der Waals surface area contributed by atoms with E-state index in [0.29, 0.717) is 6.04 Å². The molecule has 4 heteroatoms. The Labute approximate surface area is 114 Å². The summed E-state index contributed by atoms with van der Waals surface area (Å²) in [4.78, 5) is 5.57. The summed E-state index contributed by atoms with van der Waals surface area (Å²) in [6.45, 7) is 3.10. The zero-order chi connectivity index (χ0) is 12.1. The summed E-state index contributed by atoms with van der Waals surface area (Å²) < 4.78 is 1.19. The average Bonchev–Trinajstić information content (AvgIpc) is 2.75. The fourth-order valence-corrected chi connectivity index (χ4v) is 3.33. The highest BCUT2D eigenvalue weighted by molar-refractivity contribution is 9.11. The van der Waals surface area contributed by atoms with Gasteiger partial charge in [0.25, 0.3) is 0 Å². The molecule has 0 bridgehead atoms. The monoisotopic (exact) mass is 310 g/mol. The van der Waals surface area contributed by atoms with Gasteiger partial charge in [-0.3, -0.25) is 4.98 Å². The molecular weight excluding hydrogens is 296 g/mol. The molecule has 0 spiro atoms. The molecule has 0 fully saturated rings. The van der Waals surface area contributed by atoms with E-state index < -0.39 is 0 Å². The summed E-state index contributed by atoms with van der Waals surface area (Å²) in [7, 11) is 0. The quantitative estimate of drug-likeness (QED) is 0.908. The van der Waals surface area contributed by atoms with Gasteiger partial charge in [0.2, 0.25) is 0 Å². The van der Waals surface area contributed by atoms with E-state index in [1.165, 1.54) is 14.2 Å². The van der Waals surface area contributed by atoms with Crippen LogP contribution in [0.2, 0.25) is 0 Å². The van der Waals surface area contributed by atoms with Gasteiger partial charge in [-0.15, -0.1) is 11.3 Å². The maximum absolute atomic E-state index is 4.19. The van der Waals surface area contributed by atoms with E-state index in [1.54, 1.807) is 11.3 Å². The first-order chi connectivity index (χ1) is 8.29. The first kappa shape index (κ1) is 12.7. The van der Waals surface area contributed by atoms with Crippen LogP contribution in [-0.2, 0) is 6.42 Å². The Bertz CT molecular complexity index is 455. The summed E-state index contributed by atoms with van der Waals surface area (Å²) in [5.41, 5.74) is 1.25. The number of rotatable bonds is 5. The number of pyridine rings is 1. The number of nitrogens with one attached hydrogen (secondary N) is 1. The maximum atomic E-state index is 4.19. The zero-order valence-corrected chi connectivity index (χ0v) is 12.1. The van der Waals surface area contributed by atoms with Crippen LogP contribution >= 0.6 is 27.3 Å². The molecule has 0 aliphatic rings. The molecule has 2 aromatic heterocycles. The molecule has 1 N–H and O–H groups in total. The van der Waals surface area contributed by atoms with Gasteiger partial charge < -0.3 is 5.32 Å². The largest absolute Gasteiger partial charge is 0.310 e. The number of aromatic nitrogens is 1. The van der Waals surface area contributed by atoms with Crippen molar-refractivity contribution >= 4 is 27.3 Å². The number of likely N-dealkylation sites (N-methyl/N-ethyl adjacent to an activating group) is 1. The van der Waals surface area contributed by atoms with Crippen molar-refractivity contribution in [2.75, 3.05) is 6.54 Å². The molecule has 0 aromatic carbocycles. The molecule has 0 aliphatic heterocycles. The maximum Gasteiger partial charge on any atom is 0.0701 e. The number of halogens is 1. The predicted octanol–water partition coefficient (Wildman–Crippen LogP) is 3.80. The van der Waals surface area contributed by atoms with Gasteiger partial charge >= 0.3 is 0 Å². The SMILES string of the molecule is CCNC(Cc1ccc(Br)s1)c1cccnc1. The fourth-order valence-electron chi connectivity index (χ4n) is 1.80. The number of hydrogen-bond donors (Lipinski definition) is 1. The van der Waals surface area contributed by atoms with E-state index in [0.717, 1.165) is 13.0 Å². The van der Waals surface area contributed by atoms with E-state index in [2.05, 4.69) is 51.4 Å². The molecule has 0 saturated heterocycles. The standard InChI is InChI=1S/C13H15BrN2S/c1-2-16-12(10-4-3-7-15-9-10)8-11-5-6-13(14)17-11/h3-7,9,12,16H,2,8H2,1H3. The summed E-state index contributed by atoms with van der Waals surface area (Å²) in [6.07, 6.45) is 4.76. The van der Waals surface area contributed by atoms with E-state index in [1.807, 2.05) is 18.5 Å². The molecule has 0 radical (unpaired) electrons. The lowest BCUT2D eigenvalue weighted by molar-refractivity contribution is 0.552. The summed E-state index contributed by atoms with van der Waals surface area (Å²) in [5, 5.41) is 3.51. The lowest BCUT2D eigenvalue weighted by Gasteiger charge is -2.17. The normalized spacial score (nSPS) is 12.6. The molecule has 1 unspecified atom stereocenters. The molecule has 90 valence electrons. The summed E-state index contributed by atoms with van der Waals surface area (Å²) >= 11 is 5.30. The van der Waals surface area contributed by atoms with Crippen molar-refractivity contribution in [2.24, 2.45) is 0 Å². The van der Waals surface area contributed by atoms with Crippen LogP contribution in [0.5, 0.6) is 0 Å². The Morgan fingerprint density at radius 1 is 1.41 bits per heavy atom. The van der Waals surface area contributed by atoms with Crippen LogP contribution < -0.4 is 5.32 Å². The Morgan fingerprint density at radius 2 is 2.29 bits per heavy atom. The topological polar surface area (TPSA) is 24.9 Å². The summed E-state index contributed by atoms with van der Waals surface area (Å²) in [6, 6.07) is 8.74. The Kier molecular flexibility index (Phi) is 4.71. The van der Waals surface area contributed by atoms with E-state index >= 15 is 0 Å². The zero-order valence-electron chi connectivity index (χ0n) is 9.69. The second kappa shape index (κ2) is 6.28. The Morgan fingerprint density at radius 3 is 2.88 bits per heavy atom. The van der Waals surface area contributed by atoms with Gasteiger partial charge in [-0.05, 0) is 46.2 Å². The van der Waals surface area contributed by atoms with Gasteiger partial charge in [-0.25, -0.2) is 0 Å². The van der Waals surface area contributed by atoms with Crippen molar-refractivity contribution in [3.63, 3.8) is 0 Å². The number of thiophene rings is 1. The third-order valence-corrected chi connectivity index (χ3v) is 4.22. The Balaban J connectivity index is 2.13. The highest BCUT2D eigenvalue weighted by Crippen LogP contribution is 2.26. The minimum Gasteiger partial charge on any atom is -0.310 e. The molecule has 1 atom stereocenters. The van der Waals surface area contributed by atoms with Gasteiger partial charge in [0, 0.05) is 29.7 Å². The molecule has 2 aromatic rings. The number of nitrogens with zero attached hydrogens (tertiary/aromatic N) is 1. The van der Waals surface area contributed by atoms with Gasteiger partial charge in [0.15, 0.2) is 0 Å². The lowest BCUT2D eigenvalue weighted by Crippen LogP contribution is -2.22. The van der Waals surface area contributed by atoms with Crippen molar-refractivity contribution < 1.29 is 0 Å². The average molecular weight is 311 g/mol. The van der Waals surface area contributed by atoms with Crippen LogP contribution in [0.1, 0.15) is 23.4 Å². The second-order valence-corrected chi connectivity index (χ2v) is 6.35. The van der Waals surface area contributed by atoms with Crippen LogP contribution in [0.3, 0.4) is 0 Å². The summed E-state index contributed by atoms with van der Waals surface area (Å²) in [5.74, 6) is 0. The molecule has 17 heavy (non-hydrogen) atoms. The molecule has 0 saturated carbocycles. The van der Waals surface area contributed by atoms with Crippen molar-refractivity contribution in [1.29, 1.82) is 0 Å². The van der Waals surface area contributed by atoms with Crippen LogP contribution in [-0.4, -0.2) is 11.5 Å². The first-order valence-corrected chi connectivity index (χ1v) is 7.28. The van der Waals surface area contributed by atoms with Gasteiger partial charge in [0.05, 0.1) is 3.79 Å². The lowest BCUT2D eigenvalue weighted by atomic mass is 10.1. The van der Waals surface area contributed by atoms with Gasteiger partial charge in [-0.2, -0.15) is 0 Å². The predicted molar refractivity (Wildman–Crippen MR) is 76.4 cm³/mol. The highest BCUT2D eigenvalue weighted by atomic mass is 79.9. The van der Waals surface area contributed by atoms with Gasteiger partial charge in [0.1, 0.15) is 0 Å². The first-order valence-electron chi connectivity index (χ1n) is 5.67. The number of hydrogen-bond acceptors (Lipinski definition) is 3. The minimum atomic E-state index is 0.347. The third-order valence-electron chi connectivity index (χ3n) is 2.57. The van der Waals surface area contributed by atoms with E-state index in [-0.39, 0.29) is 0 Å². The Hall–Kier alpha value is -0.710. The van der Waals surface area contributed by atoms with E-state index in [4.69, 9.17) is 0 Å². The van der Waals surface area contributed by atoms with Crippen LogP contribution in [0.4, 0.5) is 0 Å². The van der Waals surface area contributed by atoms with Crippen molar-refractivity contribution in [2.45, 2.75) is 19.4 Å². The smallest absolute Gasteiger partial charge is 0.0701 e. The van der Waals surface area contributed by atoms with Crippen molar-refractivity contribution in [1.82, 2.24) is 10.3 Å². The molecule has 2 rings (SSSR count). The second-order valence-electron chi connectivity index (χ2n) is 3.81. The minimum absolute atomic E-state index is 0.347. The van der Waals surface area contributed by atoms with E-state index in [9.17, 15) is 0 Å². The molecule has 2 heterocycles. The molecule has 0 amide bonds. The van der Waals surface area contributed by atoms with Gasteiger partial charge in [-0.1, -0.05) is 13.0 Å². The third kappa shape index (κ3) is 3.63. The molecular formula is C13H15BrN2S.